The van der Waals surface area contributed by atoms with E-state index in [1.54, 1.807) is 0 Å². The van der Waals surface area contributed by atoms with Gasteiger partial charge in [-0.3, -0.25) is 9.69 Å². The SMILES string of the molecule is O=C(CCCC1CCN(Cc2ccc(Br)cc2)CC1)C1=NCCO1. The Morgan fingerprint density at radius 1 is 1.25 bits per heavy atom. The number of nitrogens with zero attached hydrogens (tertiary/aromatic N) is 2. The Balaban J connectivity index is 1.33. The maximum atomic E-state index is 11.9. The van der Waals surface area contributed by atoms with E-state index in [4.69, 9.17) is 4.74 Å². The van der Waals surface area contributed by atoms with E-state index in [0.29, 0.717) is 25.5 Å². The minimum absolute atomic E-state index is 0.0835. The molecule has 0 bridgehead atoms. The Bertz CT molecular complexity index is 578. The first kappa shape index (κ1) is 17.6. The van der Waals surface area contributed by atoms with Crippen LogP contribution in [0.25, 0.3) is 0 Å². The van der Waals surface area contributed by atoms with Crippen molar-refractivity contribution in [1.82, 2.24) is 4.90 Å². The van der Waals surface area contributed by atoms with E-state index in [9.17, 15) is 4.79 Å². The first-order valence-electron chi connectivity index (χ1n) is 8.88. The van der Waals surface area contributed by atoms with Gasteiger partial charge in [0, 0.05) is 17.4 Å². The monoisotopic (exact) mass is 392 g/mol. The van der Waals surface area contributed by atoms with Gasteiger partial charge in [0.2, 0.25) is 5.78 Å². The van der Waals surface area contributed by atoms with E-state index in [2.05, 4.69) is 50.1 Å². The second-order valence-corrected chi connectivity index (χ2v) is 7.61. The largest absolute Gasteiger partial charge is 0.473 e. The maximum Gasteiger partial charge on any atom is 0.253 e. The molecule has 0 N–H and O–H groups in total. The number of benzene rings is 1. The maximum absolute atomic E-state index is 11.9. The molecule has 2 aliphatic heterocycles. The van der Waals surface area contributed by atoms with Crippen molar-refractivity contribution in [2.75, 3.05) is 26.2 Å². The third-order valence-corrected chi connectivity index (χ3v) is 5.40. The summed E-state index contributed by atoms with van der Waals surface area (Å²) < 4.78 is 6.36. The standard InChI is InChI=1S/C19H25BrN2O2/c20-17-6-4-16(5-7-17)14-22-11-8-15(9-12-22)2-1-3-18(23)19-21-10-13-24-19/h4-7,15H,1-3,8-14H2. The van der Waals surface area contributed by atoms with Crippen molar-refractivity contribution in [3.8, 4) is 0 Å². The molecule has 0 unspecified atom stereocenters. The lowest BCUT2D eigenvalue weighted by atomic mass is 9.91. The van der Waals surface area contributed by atoms with E-state index in [-0.39, 0.29) is 5.78 Å². The summed E-state index contributed by atoms with van der Waals surface area (Å²) in [5, 5.41) is 0. The van der Waals surface area contributed by atoms with Crippen molar-refractivity contribution in [3.05, 3.63) is 34.3 Å². The highest BCUT2D eigenvalue weighted by atomic mass is 79.9. The highest BCUT2D eigenvalue weighted by Crippen LogP contribution is 2.24. The number of likely N-dealkylation sites (tertiary alicyclic amines) is 1. The highest BCUT2D eigenvalue weighted by Gasteiger charge is 2.21. The van der Waals surface area contributed by atoms with Crippen LogP contribution >= 0.6 is 15.9 Å². The fourth-order valence-corrected chi connectivity index (χ4v) is 3.71. The number of halogens is 1. The molecule has 2 heterocycles. The predicted molar refractivity (Wildman–Crippen MR) is 99.3 cm³/mol. The van der Waals surface area contributed by atoms with E-state index in [0.717, 1.165) is 42.9 Å². The van der Waals surface area contributed by atoms with Crippen LogP contribution in [0.1, 0.15) is 37.7 Å². The van der Waals surface area contributed by atoms with Crippen LogP contribution in [-0.2, 0) is 16.1 Å². The predicted octanol–water partition coefficient (Wildman–Crippen LogP) is 3.83. The third kappa shape index (κ3) is 5.15. The van der Waals surface area contributed by atoms with Crippen molar-refractivity contribution in [2.45, 2.75) is 38.6 Å². The number of rotatable bonds is 7. The van der Waals surface area contributed by atoms with Gasteiger partial charge in [0.15, 0.2) is 0 Å². The Kier molecular flexibility index (Phi) is 6.44. The van der Waals surface area contributed by atoms with Gasteiger partial charge in [-0.05, 0) is 62.4 Å². The minimum Gasteiger partial charge on any atom is -0.473 e. The number of carbonyl (C=O) groups excluding carboxylic acids is 1. The molecule has 0 radical (unpaired) electrons. The molecule has 2 aliphatic rings. The lowest BCUT2D eigenvalue weighted by Gasteiger charge is -2.32. The molecule has 0 amide bonds. The van der Waals surface area contributed by atoms with Gasteiger partial charge in [0.05, 0.1) is 6.54 Å². The van der Waals surface area contributed by atoms with Gasteiger partial charge < -0.3 is 4.74 Å². The summed E-state index contributed by atoms with van der Waals surface area (Å²) in [7, 11) is 0. The molecule has 3 rings (SSSR count). The first-order chi connectivity index (χ1) is 11.7. The average Bonchev–Trinajstić information content (AvgIpc) is 3.13. The second kappa shape index (κ2) is 8.77. The molecule has 0 spiro atoms. The van der Waals surface area contributed by atoms with Crippen molar-refractivity contribution in [2.24, 2.45) is 10.9 Å². The number of ketones is 1. The van der Waals surface area contributed by atoms with Gasteiger partial charge in [0.25, 0.3) is 5.90 Å². The molecular weight excluding hydrogens is 368 g/mol. The smallest absolute Gasteiger partial charge is 0.253 e. The summed E-state index contributed by atoms with van der Waals surface area (Å²) in [4.78, 5) is 18.5. The summed E-state index contributed by atoms with van der Waals surface area (Å²) in [5.74, 6) is 1.20. The minimum atomic E-state index is 0.0835. The lowest BCUT2D eigenvalue weighted by Crippen LogP contribution is -2.33. The topological polar surface area (TPSA) is 41.9 Å². The van der Waals surface area contributed by atoms with Crippen LogP contribution in [-0.4, -0.2) is 42.8 Å². The summed E-state index contributed by atoms with van der Waals surface area (Å²) in [5.41, 5.74) is 1.37. The molecule has 1 aromatic rings. The Hall–Kier alpha value is -1.20. The molecule has 0 aliphatic carbocycles. The van der Waals surface area contributed by atoms with Gasteiger partial charge in [0.1, 0.15) is 6.61 Å². The number of piperidine rings is 1. The van der Waals surface area contributed by atoms with Gasteiger partial charge in [-0.1, -0.05) is 28.1 Å². The van der Waals surface area contributed by atoms with Crippen LogP contribution in [0.15, 0.2) is 33.7 Å². The second-order valence-electron chi connectivity index (χ2n) is 6.70. The normalized spacial score (nSPS) is 19.1. The molecule has 0 aromatic heterocycles. The highest BCUT2D eigenvalue weighted by molar-refractivity contribution is 9.10. The average molecular weight is 393 g/mol. The van der Waals surface area contributed by atoms with Crippen LogP contribution in [0.5, 0.6) is 0 Å². The number of aliphatic imine (C=N–C) groups is 1. The molecule has 4 nitrogen and oxygen atoms in total. The summed E-state index contributed by atoms with van der Waals surface area (Å²) in [6.45, 7) is 4.56. The summed E-state index contributed by atoms with van der Waals surface area (Å²) in [6.07, 6.45) is 5.16. The molecule has 0 saturated carbocycles. The molecular formula is C19H25BrN2O2. The van der Waals surface area contributed by atoms with Crippen molar-refractivity contribution in [1.29, 1.82) is 0 Å². The summed E-state index contributed by atoms with van der Waals surface area (Å²) in [6, 6.07) is 8.60. The number of hydrogen-bond donors (Lipinski definition) is 0. The molecule has 130 valence electrons. The van der Waals surface area contributed by atoms with Gasteiger partial charge in [-0.15, -0.1) is 0 Å². The molecule has 1 aromatic carbocycles. The molecule has 1 saturated heterocycles. The van der Waals surface area contributed by atoms with E-state index in [1.165, 1.54) is 18.4 Å². The van der Waals surface area contributed by atoms with Crippen LogP contribution in [0.2, 0.25) is 0 Å². The van der Waals surface area contributed by atoms with E-state index in [1.807, 2.05) is 0 Å². The van der Waals surface area contributed by atoms with E-state index < -0.39 is 0 Å². The Labute approximate surface area is 152 Å². The molecule has 5 heteroatoms. The number of ether oxygens (including phenoxy) is 1. The van der Waals surface area contributed by atoms with Crippen LogP contribution in [0.4, 0.5) is 0 Å². The van der Waals surface area contributed by atoms with Crippen molar-refractivity contribution < 1.29 is 9.53 Å². The van der Waals surface area contributed by atoms with Crippen LogP contribution < -0.4 is 0 Å². The van der Waals surface area contributed by atoms with Crippen LogP contribution in [0, 0.1) is 5.92 Å². The Morgan fingerprint density at radius 3 is 2.67 bits per heavy atom. The lowest BCUT2D eigenvalue weighted by molar-refractivity contribution is -0.114. The van der Waals surface area contributed by atoms with Gasteiger partial charge in [-0.25, -0.2) is 4.99 Å². The first-order valence-corrected chi connectivity index (χ1v) is 9.67. The number of Topliss-reactive ketones (excluding diaryl/α,β-unsaturated/α-hetero) is 1. The zero-order valence-electron chi connectivity index (χ0n) is 14.0. The molecule has 0 atom stereocenters. The number of hydrogen-bond acceptors (Lipinski definition) is 4. The zero-order valence-corrected chi connectivity index (χ0v) is 15.6. The molecule has 1 fully saturated rings. The fraction of sp³-hybridized carbons (Fsp3) is 0.579. The van der Waals surface area contributed by atoms with Crippen LogP contribution in [0.3, 0.4) is 0 Å². The quantitative estimate of drug-likeness (QED) is 0.707. The molecule has 24 heavy (non-hydrogen) atoms. The fourth-order valence-electron chi connectivity index (χ4n) is 3.44. The number of carbonyl (C=O) groups is 1. The van der Waals surface area contributed by atoms with Gasteiger partial charge in [-0.2, -0.15) is 0 Å². The Morgan fingerprint density at radius 2 is 2.00 bits per heavy atom. The van der Waals surface area contributed by atoms with Crippen molar-refractivity contribution >= 4 is 27.6 Å². The third-order valence-electron chi connectivity index (χ3n) is 4.87. The zero-order chi connectivity index (χ0) is 16.8. The summed E-state index contributed by atoms with van der Waals surface area (Å²) >= 11 is 3.48. The van der Waals surface area contributed by atoms with Crippen molar-refractivity contribution in [3.63, 3.8) is 0 Å². The van der Waals surface area contributed by atoms with E-state index >= 15 is 0 Å². The van der Waals surface area contributed by atoms with Gasteiger partial charge >= 0.3 is 0 Å².